The van der Waals surface area contributed by atoms with Gasteiger partial charge in [-0.1, -0.05) is 34.4 Å². The number of hydrogen-bond acceptors (Lipinski definition) is 9. The highest BCUT2D eigenvalue weighted by Crippen LogP contribution is 2.39. The molecule has 0 aromatic rings. The Bertz CT molecular complexity index is 762. The third-order valence-corrected chi connectivity index (χ3v) is 11.8. The average Bonchev–Trinajstić information content (AvgIpc) is 3.70. The van der Waals surface area contributed by atoms with Gasteiger partial charge in [-0.25, -0.2) is 4.79 Å². The van der Waals surface area contributed by atoms with E-state index in [2.05, 4.69) is 21.3 Å². The van der Waals surface area contributed by atoms with Crippen LogP contribution >= 0.6 is 33.3 Å². The molecule has 3 saturated heterocycles. The van der Waals surface area contributed by atoms with Crippen molar-refractivity contribution in [3.63, 3.8) is 0 Å². The molecule has 10 nitrogen and oxygen atoms in total. The predicted octanol–water partition coefficient (Wildman–Crippen LogP) is 3.49. The normalized spacial score (nSPS) is 23.3. The molecule has 0 aliphatic carbocycles. The van der Waals surface area contributed by atoms with Crippen LogP contribution < -0.4 is 21.3 Å². The monoisotopic (exact) mass is 634 g/mol. The number of hydrogen-bond donors (Lipinski definition) is 4. The molecule has 4 amide bonds. The lowest BCUT2D eigenvalue weighted by Gasteiger charge is -2.16. The van der Waals surface area contributed by atoms with Gasteiger partial charge in [0.1, 0.15) is 0 Å². The molecule has 3 aliphatic rings. The number of urea groups is 1. The third kappa shape index (κ3) is 15.4. The second-order valence-corrected chi connectivity index (χ2v) is 14.7. The number of rotatable bonds is 24. The lowest BCUT2D eigenvalue weighted by molar-refractivity contribution is -0.122. The van der Waals surface area contributed by atoms with Crippen molar-refractivity contribution in [2.75, 3.05) is 64.2 Å². The molecule has 13 heteroatoms. The molecular formula is C28H50N4O6S3. The topological polar surface area (TPSA) is 127 Å². The minimum absolute atomic E-state index is 0.0505. The number of carbonyl (C=O) groups is 3. The number of ether oxygens (including phenoxy) is 3. The minimum atomic E-state index is -0.0505. The molecule has 236 valence electrons. The summed E-state index contributed by atoms with van der Waals surface area (Å²) in [5, 5.41) is 13.1. The van der Waals surface area contributed by atoms with Crippen molar-refractivity contribution in [1.29, 1.82) is 0 Å². The average molecular weight is 635 g/mol. The number of thioether (sulfide) groups is 1. The van der Waals surface area contributed by atoms with E-state index in [9.17, 15) is 14.4 Å². The summed E-state index contributed by atoms with van der Waals surface area (Å²) in [6.07, 6.45) is 10.3. The van der Waals surface area contributed by atoms with Crippen molar-refractivity contribution >= 4 is 51.2 Å². The lowest BCUT2D eigenvalue weighted by Crippen LogP contribution is -2.36. The molecular weight excluding hydrogens is 585 g/mol. The first-order valence-corrected chi connectivity index (χ1v) is 18.8. The first-order valence-electron chi connectivity index (χ1n) is 15.4. The Kier molecular flexibility index (Phi) is 18.4. The summed E-state index contributed by atoms with van der Waals surface area (Å²) in [6.45, 7) is 4.57. The maximum absolute atomic E-state index is 12.0. The van der Waals surface area contributed by atoms with Crippen LogP contribution in [0.4, 0.5) is 4.79 Å². The van der Waals surface area contributed by atoms with Gasteiger partial charge in [0.05, 0.1) is 38.5 Å². The quantitative estimate of drug-likeness (QED) is 0.0717. The van der Waals surface area contributed by atoms with Gasteiger partial charge in [0.25, 0.3) is 0 Å². The smallest absolute Gasteiger partial charge is 0.315 e. The van der Waals surface area contributed by atoms with E-state index in [1.165, 1.54) is 18.6 Å². The molecule has 3 rings (SSSR count). The second-order valence-electron chi connectivity index (χ2n) is 10.7. The summed E-state index contributed by atoms with van der Waals surface area (Å²) in [4.78, 5) is 35.4. The van der Waals surface area contributed by atoms with Crippen LogP contribution in [-0.4, -0.2) is 105 Å². The van der Waals surface area contributed by atoms with E-state index in [1.807, 2.05) is 33.3 Å². The lowest BCUT2D eigenvalue weighted by atomic mass is 10.0. The first kappa shape index (κ1) is 34.6. The number of nitrogens with one attached hydrogen (secondary N) is 4. The molecule has 41 heavy (non-hydrogen) atoms. The molecule has 0 aromatic carbocycles. The SMILES string of the molecule is O=C(CCCC[C@@H]1CCSS1)NCCCOCCOCCOCCCNC(=O)CCCC[C@@H]1SC[C@@H]2NC(=O)N[C@@H]21. The minimum Gasteiger partial charge on any atom is -0.379 e. The highest BCUT2D eigenvalue weighted by molar-refractivity contribution is 8.77. The third-order valence-electron chi connectivity index (χ3n) is 7.31. The first-order chi connectivity index (χ1) is 20.1. The largest absolute Gasteiger partial charge is 0.379 e. The molecule has 4 atom stereocenters. The van der Waals surface area contributed by atoms with Crippen molar-refractivity contribution in [2.24, 2.45) is 0 Å². The number of fused-ring (bicyclic) bond motifs is 1. The Balaban J connectivity index is 0.972. The number of amides is 4. The molecule has 3 aliphatic heterocycles. The molecule has 0 aromatic heterocycles. The number of unbranched alkanes of at least 4 members (excludes halogenated alkanes) is 2. The molecule has 4 N–H and O–H groups in total. The zero-order valence-corrected chi connectivity index (χ0v) is 26.8. The van der Waals surface area contributed by atoms with E-state index in [-0.39, 0.29) is 29.9 Å². The van der Waals surface area contributed by atoms with Gasteiger partial charge < -0.3 is 35.5 Å². The zero-order valence-electron chi connectivity index (χ0n) is 24.3. The van der Waals surface area contributed by atoms with Crippen LogP contribution in [0.2, 0.25) is 0 Å². The van der Waals surface area contributed by atoms with Crippen LogP contribution in [0.5, 0.6) is 0 Å². The molecule has 0 unspecified atom stereocenters. The molecule has 0 spiro atoms. The van der Waals surface area contributed by atoms with Crippen LogP contribution in [0.1, 0.15) is 70.6 Å². The number of carbonyl (C=O) groups excluding carboxylic acids is 3. The summed E-state index contributed by atoms with van der Waals surface area (Å²) < 4.78 is 16.6. The Hall–Kier alpha value is -0.860. The summed E-state index contributed by atoms with van der Waals surface area (Å²) in [7, 11) is 3.98. The molecule has 0 bridgehead atoms. The summed E-state index contributed by atoms with van der Waals surface area (Å²) in [5.74, 6) is 2.48. The van der Waals surface area contributed by atoms with Crippen molar-refractivity contribution < 1.29 is 28.6 Å². The van der Waals surface area contributed by atoms with Gasteiger partial charge in [0, 0.05) is 61.2 Å². The summed E-state index contributed by atoms with van der Waals surface area (Å²) in [6, 6.07) is 0.446. The Labute approximate surface area is 257 Å². The fourth-order valence-corrected chi connectivity index (χ4v) is 9.59. The maximum Gasteiger partial charge on any atom is 0.315 e. The van der Waals surface area contributed by atoms with Gasteiger partial charge in [-0.05, 0) is 44.9 Å². The summed E-state index contributed by atoms with van der Waals surface area (Å²) >= 11 is 1.91. The van der Waals surface area contributed by atoms with Crippen molar-refractivity contribution in [1.82, 2.24) is 21.3 Å². The summed E-state index contributed by atoms with van der Waals surface area (Å²) in [5.41, 5.74) is 0. The van der Waals surface area contributed by atoms with Crippen LogP contribution in [0.3, 0.4) is 0 Å². The Morgan fingerprint density at radius 2 is 1.39 bits per heavy atom. The van der Waals surface area contributed by atoms with E-state index in [4.69, 9.17) is 14.2 Å². The van der Waals surface area contributed by atoms with E-state index in [0.29, 0.717) is 70.8 Å². The molecule has 3 heterocycles. The van der Waals surface area contributed by atoms with Gasteiger partial charge in [-0.15, -0.1) is 0 Å². The van der Waals surface area contributed by atoms with Gasteiger partial charge in [0.15, 0.2) is 0 Å². The van der Waals surface area contributed by atoms with E-state index in [1.54, 1.807) is 0 Å². The van der Waals surface area contributed by atoms with Gasteiger partial charge in [-0.3, -0.25) is 9.59 Å². The van der Waals surface area contributed by atoms with E-state index < -0.39 is 0 Å². The van der Waals surface area contributed by atoms with Gasteiger partial charge >= 0.3 is 6.03 Å². The fourth-order valence-electron chi connectivity index (χ4n) is 5.02. The van der Waals surface area contributed by atoms with Crippen LogP contribution in [0, 0.1) is 0 Å². The van der Waals surface area contributed by atoms with Crippen LogP contribution in [0.25, 0.3) is 0 Å². The van der Waals surface area contributed by atoms with Crippen LogP contribution in [-0.2, 0) is 23.8 Å². The Morgan fingerprint density at radius 1 is 0.780 bits per heavy atom. The van der Waals surface area contributed by atoms with Crippen molar-refractivity contribution in [2.45, 2.75) is 93.2 Å². The van der Waals surface area contributed by atoms with Crippen molar-refractivity contribution in [3.05, 3.63) is 0 Å². The highest BCUT2D eigenvalue weighted by Gasteiger charge is 2.42. The highest BCUT2D eigenvalue weighted by atomic mass is 33.1. The Morgan fingerprint density at radius 3 is 2.00 bits per heavy atom. The van der Waals surface area contributed by atoms with E-state index in [0.717, 1.165) is 55.9 Å². The second kappa shape index (κ2) is 21.8. The maximum atomic E-state index is 12.0. The predicted molar refractivity (Wildman–Crippen MR) is 169 cm³/mol. The van der Waals surface area contributed by atoms with Gasteiger partial charge in [-0.2, -0.15) is 11.8 Å². The molecule has 3 fully saturated rings. The fraction of sp³-hybridized carbons (Fsp3) is 0.893. The molecule has 0 saturated carbocycles. The molecule has 0 radical (unpaired) electrons. The van der Waals surface area contributed by atoms with Crippen molar-refractivity contribution in [3.8, 4) is 0 Å². The standard InChI is InChI=1S/C28H50N4O6S3/c33-25(9-3-1-7-22-11-20-40-41-22)29-12-5-14-36-16-18-38-19-17-37-15-6-13-30-26(34)10-4-2-8-24-27-23(21-39-24)31-28(35)32-27/h22-24,27H,1-21H2,(H,29,33)(H,30,34)(H2,31,32,35)/t22-,23+,24+,27+/m1/s1. The van der Waals surface area contributed by atoms with Crippen LogP contribution in [0.15, 0.2) is 0 Å². The van der Waals surface area contributed by atoms with Gasteiger partial charge in [0.2, 0.25) is 11.8 Å². The van der Waals surface area contributed by atoms with E-state index >= 15 is 0 Å². The zero-order chi connectivity index (χ0) is 29.0.